The first-order valence-corrected chi connectivity index (χ1v) is 7.61. The number of piperazine rings is 1. The maximum absolute atomic E-state index is 12.7. The smallest absolute Gasteiger partial charge is 0.249 e. The molecule has 2 amide bonds. The molecular formula is C14H18N2O2S. The van der Waals surface area contributed by atoms with Crippen LogP contribution in [0.25, 0.3) is 0 Å². The second-order valence-electron chi connectivity index (χ2n) is 5.71. The zero-order valence-corrected chi connectivity index (χ0v) is 12.0. The standard InChI is InChI=1S/C14H18N2O2S/c1-9-12(17)15-14(2,11-3-4-11)13(18)16(9)7-10-5-6-19-8-10/h5-6,8-9,11H,3-4,7H2,1-2H3,(H,15,17). The van der Waals surface area contributed by atoms with E-state index in [1.165, 1.54) is 0 Å². The summed E-state index contributed by atoms with van der Waals surface area (Å²) in [5.41, 5.74) is 0.401. The van der Waals surface area contributed by atoms with Crippen molar-refractivity contribution in [3.63, 3.8) is 0 Å². The lowest BCUT2D eigenvalue weighted by molar-refractivity contribution is -0.155. The molecule has 3 rings (SSSR count). The molecule has 1 aliphatic carbocycles. The van der Waals surface area contributed by atoms with Gasteiger partial charge in [-0.25, -0.2) is 0 Å². The summed E-state index contributed by atoms with van der Waals surface area (Å²) < 4.78 is 0. The third kappa shape index (κ3) is 2.06. The van der Waals surface area contributed by atoms with E-state index in [4.69, 9.17) is 0 Å². The van der Waals surface area contributed by atoms with E-state index in [-0.39, 0.29) is 17.9 Å². The third-order valence-corrected chi connectivity index (χ3v) is 4.99. The van der Waals surface area contributed by atoms with Gasteiger partial charge in [0.2, 0.25) is 11.8 Å². The largest absolute Gasteiger partial charge is 0.340 e. The Morgan fingerprint density at radius 2 is 2.21 bits per heavy atom. The molecule has 102 valence electrons. The van der Waals surface area contributed by atoms with Crippen molar-refractivity contribution in [2.75, 3.05) is 0 Å². The number of thiophene rings is 1. The summed E-state index contributed by atoms with van der Waals surface area (Å²) in [6, 6.07) is 1.62. The predicted molar refractivity (Wildman–Crippen MR) is 73.6 cm³/mol. The lowest BCUT2D eigenvalue weighted by Gasteiger charge is -2.43. The molecule has 5 heteroatoms. The maximum atomic E-state index is 12.7. The fourth-order valence-electron chi connectivity index (χ4n) is 2.75. The molecule has 2 unspecified atom stereocenters. The van der Waals surface area contributed by atoms with Gasteiger partial charge >= 0.3 is 0 Å². The Labute approximate surface area is 116 Å². The van der Waals surface area contributed by atoms with Crippen molar-refractivity contribution in [2.24, 2.45) is 5.92 Å². The van der Waals surface area contributed by atoms with Gasteiger partial charge in [0.15, 0.2) is 0 Å². The number of amides is 2. The van der Waals surface area contributed by atoms with E-state index in [1.54, 1.807) is 23.2 Å². The van der Waals surface area contributed by atoms with Crippen LogP contribution in [0.3, 0.4) is 0 Å². The summed E-state index contributed by atoms with van der Waals surface area (Å²) in [6.45, 7) is 4.20. The number of hydrogen-bond acceptors (Lipinski definition) is 3. The number of nitrogens with one attached hydrogen (secondary N) is 1. The summed E-state index contributed by atoms with van der Waals surface area (Å²) in [5, 5.41) is 6.96. The molecular weight excluding hydrogens is 260 g/mol. The van der Waals surface area contributed by atoms with Crippen LogP contribution in [-0.4, -0.2) is 28.3 Å². The van der Waals surface area contributed by atoms with Gasteiger partial charge in [0, 0.05) is 6.54 Å². The van der Waals surface area contributed by atoms with Gasteiger partial charge in [-0.3, -0.25) is 9.59 Å². The highest BCUT2D eigenvalue weighted by molar-refractivity contribution is 7.07. The molecule has 2 aliphatic rings. The lowest BCUT2D eigenvalue weighted by atomic mass is 9.89. The molecule has 2 fully saturated rings. The molecule has 2 atom stereocenters. The van der Waals surface area contributed by atoms with Crippen LogP contribution in [0.5, 0.6) is 0 Å². The second-order valence-corrected chi connectivity index (χ2v) is 6.49. The molecule has 0 spiro atoms. The Morgan fingerprint density at radius 3 is 2.79 bits per heavy atom. The quantitative estimate of drug-likeness (QED) is 0.916. The van der Waals surface area contributed by atoms with Gasteiger partial charge in [-0.2, -0.15) is 11.3 Å². The Kier molecular flexibility index (Phi) is 2.89. The molecule has 0 bridgehead atoms. The van der Waals surface area contributed by atoms with Crippen molar-refractivity contribution >= 4 is 23.2 Å². The van der Waals surface area contributed by atoms with Gasteiger partial charge < -0.3 is 10.2 Å². The van der Waals surface area contributed by atoms with Crippen LogP contribution in [0.4, 0.5) is 0 Å². The van der Waals surface area contributed by atoms with Gasteiger partial charge in [0.25, 0.3) is 0 Å². The Hall–Kier alpha value is -1.36. The molecule has 1 saturated heterocycles. The molecule has 0 aromatic carbocycles. The van der Waals surface area contributed by atoms with Crippen LogP contribution in [0, 0.1) is 5.92 Å². The van der Waals surface area contributed by atoms with Gasteiger partial charge in [0.1, 0.15) is 11.6 Å². The van der Waals surface area contributed by atoms with E-state index in [2.05, 4.69) is 5.32 Å². The summed E-state index contributed by atoms with van der Waals surface area (Å²) in [4.78, 5) is 26.6. The molecule has 2 heterocycles. The lowest BCUT2D eigenvalue weighted by Crippen LogP contribution is -2.69. The molecule has 0 radical (unpaired) electrons. The minimum absolute atomic E-state index is 0.0378. The predicted octanol–water partition coefficient (Wildman–Crippen LogP) is 1.76. The summed E-state index contributed by atoms with van der Waals surface area (Å²) in [6.07, 6.45) is 2.06. The first kappa shape index (κ1) is 12.7. The normalized spacial score (nSPS) is 31.5. The average Bonchev–Trinajstić information content (AvgIpc) is 3.12. The van der Waals surface area contributed by atoms with Crippen molar-refractivity contribution < 1.29 is 9.59 Å². The molecule has 4 nitrogen and oxygen atoms in total. The first-order valence-electron chi connectivity index (χ1n) is 6.66. The highest BCUT2D eigenvalue weighted by Gasteiger charge is 2.54. The fraction of sp³-hybridized carbons (Fsp3) is 0.571. The SMILES string of the molecule is CC1C(=O)NC(C)(C2CC2)C(=O)N1Cc1ccsc1. The van der Waals surface area contributed by atoms with E-state index >= 15 is 0 Å². The summed E-state index contributed by atoms with van der Waals surface area (Å²) in [5.74, 6) is 0.332. The van der Waals surface area contributed by atoms with E-state index in [1.807, 2.05) is 23.8 Å². The minimum atomic E-state index is -0.695. The highest BCUT2D eigenvalue weighted by atomic mass is 32.1. The van der Waals surface area contributed by atoms with Gasteiger partial charge in [0.05, 0.1) is 0 Å². The van der Waals surface area contributed by atoms with E-state index in [0.29, 0.717) is 12.5 Å². The van der Waals surface area contributed by atoms with E-state index < -0.39 is 5.54 Å². The van der Waals surface area contributed by atoms with E-state index in [9.17, 15) is 9.59 Å². The van der Waals surface area contributed by atoms with Crippen molar-refractivity contribution in [2.45, 2.75) is 44.8 Å². The third-order valence-electron chi connectivity index (χ3n) is 4.26. The first-order chi connectivity index (χ1) is 9.02. The topological polar surface area (TPSA) is 49.4 Å². The number of carbonyl (C=O) groups is 2. The monoisotopic (exact) mass is 278 g/mol. The summed E-state index contributed by atoms with van der Waals surface area (Å²) >= 11 is 1.61. The second kappa shape index (κ2) is 4.34. The number of carbonyl (C=O) groups excluding carboxylic acids is 2. The van der Waals surface area contributed by atoms with Crippen molar-refractivity contribution in [1.82, 2.24) is 10.2 Å². The molecule has 1 saturated carbocycles. The van der Waals surface area contributed by atoms with Crippen LogP contribution >= 0.6 is 11.3 Å². The maximum Gasteiger partial charge on any atom is 0.249 e. The Bertz CT molecular complexity index is 510. The zero-order chi connectivity index (χ0) is 13.6. The van der Waals surface area contributed by atoms with Crippen molar-refractivity contribution in [3.05, 3.63) is 22.4 Å². The number of nitrogens with zero attached hydrogens (tertiary/aromatic N) is 1. The molecule has 1 aromatic heterocycles. The van der Waals surface area contributed by atoms with Gasteiger partial charge in [-0.1, -0.05) is 0 Å². The van der Waals surface area contributed by atoms with Crippen LogP contribution in [0.15, 0.2) is 16.8 Å². The number of rotatable bonds is 3. The van der Waals surface area contributed by atoms with Crippen LogP contribution < -0.4 is 5.32 Å². The Morgan fingerprint density at radius 1 is 1.47 bits per heavy atom. The van der Waals surface area contributed by atoms with Crippen LogP contribution in [0.1, 0.15) is 32.3 Å². The summed E-state index contributed by atoms with van der Waals surface area (Å²) in [7, 11) is 0. The average molecular weight is 278 g/mol. The molecule has 1 aromatic rings. The van der Waals surface area contributed by atoms with Crippen molar-refractivity contribution in [3.8, 4) is 0 Å². The van der Waals surface area contributed by atoms with Crippen molar-refractivity contribution in [1.29, 1.82) is 0 Å². The number of hydrogen-bond donors (Lipinski definition) is 1. The molecule has 1 N–H and O–H groups in total. The minimum Gasteiger partial charge on any atom is -0.340 e. The van der Waals surface area contributed by atoms with Gasteiger partial charge in [-0.05, 0) is 55.0 Å². The fourth-order valence-corrected chi connectivity index (χ4v) is 3.41. The molecule has 1 aliphatic heterocycles. The Balaban J connectivity index is 1.87. The molecule has 19 heavy (non-hydrogen) atoms. The van der Waals surface area contributed by atoms with Crippen LogP contribution in [-0.2, 0) is 16.1 Å². The van der Waals surface area contributed by atoms with E-state index in [0.717, 1.165) is 18.4 Å². The van der Waals surface area contributed by atoms with Gasteiger partial charge in [-0.15, -0.1) is 0 Å². The highest BCUT2D eigenvalue weighted by Crippen LogP contribution is 2.42. The van der Waals surface area contributed by atoms with Crippen LogP contribution in [0.2, 0.25) is 0 Å². The zero-order valence-electron chi connectivity index (χ0n) is 11.2.